The Labute approximate surface area is 113 Å². The zero-order chi connectivity index (χ0) is 13.2. The summed E-state index contributed by atoms with van der Waals surface area (Å²) in [6.45, 7) is 0.992. The van der Waals surface area contributed by atoms with E-state index in [1.807, 2.05) is 0 Å². The number of hydrogen-bond donors (Lipinski definition) is 0. The largest absolute Gasteiger partial charge is 0.383 e. The Kier molecular flexibility index (Phi) is 4.27. The van der Waals surface area contributed by atoms with Gasteiger partial charge in [0.05, 0.1) is 11.5 Å². The maximum atomic E-state index is 12.5. The topological polar surface area (TPSA) is 46.6 Å². The van der Waals surface area contributed by atoms with Gasteiger partial charge in [0.2, 0.25) is 10.0 Å². The van der Waals surface area contributed by atoms with Crippen molar-refractivity contribution in [3.8, 4) is 0 Å². The highest BCUT2D eigenvalue weighted by atomic mass is 35.5. The Morgan fingerprint density at radius 1 is 1.39 bits per heavy atom. The summed E-state index contributed by atoms with van der Waals surface area (Å²) in [7, 11) is -1.84. The van der Waals surface area contributed by atoms with Crippen LogP contribution in [0, 0.1) is 0 Å². The van der Waals surface area contributed by atoms with Crippen molar-refractivity contribution in [2.75, 3.05) is 20.3 Å². The van der Waals surface area contributed by atoms with Crippen LogP contribution in [0.5, 0.6) is 0 Å². The fourth-order valence-electron chi connectivity index (χ4n) is 2.23. The van der Waals surface area contributed by atoms with Crippen LogP contribution in [-0.4, -0.2) is 39.0 Å². The highest BCUT2D eigenvalue weighted by Crippen LogP contribution is 2.26. The molecule has 6 heteroatoms. The van der Waals surface area contributed by atoms with Gasteiger partial charge in [0.1, 0.15) is 0 Å². The third kappa shape index (κ3) is 2.69. The number of benzene rings is 1. The van der Waals surface area contributed by atoms with Gasteiger partial charge in [-0.15, -0.1) is 0 Å². The fraction of sp³-hybridized carbons (Fsp3) is 0.500. The zero-order valence-corrected chi connectivity index (χ0v) is 11.7. The molecule has 100 valence electrons. The molecule has 0 radical (unpaired) electrons. The average Bonchev–Trinajstić information content (AvgIpc) is 2.79. The summed E-state index contributed by atoms with van der Waals surface area (Å²) in [5.41, 5.74) is 0. The molecule has 1 unspecified atom stereocenters. The van der Waals surface area contributed by atoms with Gasteiger partial charge >= 0.3 is 0 Å². The molecular formula is C12H16ClNO3S. The molecular weight excluding hydrogens is 274 g/mol. The molecule has 0 bridgehead atoms. The number of nitrogens with zero attached hydrogens (tertiary/aromatic N) is 1. The molecule has 0 spiro atoms. The summed E-state index contributed by atoms with van der Waals surface area (Å²) in [5.74, 6) is 0. The SMILES string of the molecule is COCC1CCCN1S(=O)(=O)c1ccc(Cl)cc1. The van der Waals surface area contributed by atoms with E-state index in [1.54, 1.807) is 31.4 Å². The first-order valence-electron chi connectivity index (χ1n) is 5.82. The third-order valence-electron chi connectivity index (χ3n) is 3.10. The van der Waals surface area contributed by atoms with Gasteiger partial charge in [0.25, 0.3) is 0 Å². The molecule has 0 aliphatic carbocycles. The van der Waals surface area contributed by atoms with Crippen molar-refractivity contribution < 1.29 is 13.2 Å². The minimum atomic E-state index is -3.43. The average molecular weight is 290 g/mol. The number of sulfonamides is 1. The Morgan fingerprint density at radius 2 is 2.06 bits per heavy atom. The van der Waals surface area contributed by atoms with Crippen LogP contribution >= 0.6 is 11.6 Å². The quantitative estimate of drug-likeness (QED) is 0.853. The van der Waals surface area contributed by atoms with E-state index in [-0.39, 0.29) is 10.9 Å². The van der Waals surface area contributed by atoms with Crippen LogP contribution in [0.4, 0.5) is 0 Å². The lowest BCUT2D eigenvalue weighted by Crippen LogP contribution is -2.38. The predicted octanol–water partition coefficient (Wildman–Crippen LogP) is 2.14. The number of methoxy groups -OCH3 is 1. The predicted molar refractivity (Wildman–Crippen MR) is 70.2 cm³/mol. The molecule has 1 aromatic rings. The minimum absolute atomic E-state index is 0.0596. The Hall–Kier alpha value is -0.620. The van der Waals surface area contributed by atoms with Gasteiger partial charge in [-0.2, -0.15) is 4.31 Å². The van der Waals surface area contributed by atoms with E-state index in [9.17, 15) is 8.42 Å². The number of halogens is 1. The lowest BCUT2D eigenvalue weighted by atomic mass is 10.2. The molecule has 1 atom stereocenters. The molecule has 18 heavy (non-hydrogen) atoms. The van der Waals surface area contributed by atoms with E-state index in [0.717, 1.165) is 12.8 Å². The first-order chi connectivity index (χ1) is 8.55. The van der Waals surface area contributed by atoms with E-state index < -0.39 is 10.0 Å². The third-order valence-corrected chi connectivity index (χ3v) is 5.32. The Bertz CT molecular complexity index is 501. The van der Waals surface area contributed by atoms with Crippen molar-refractivity contribution in [1.82, 2.24) is 4.31 Å². The zero-order valence-electron chi connectivity index (χ0n) is 10.2. The molecule has 0 amide bonds. The van der Waals surface area contributed by atoms with Gasteiger partial charge in [-0.25, -0.2) is 8.42 Å². The molecule has 1 heterocycles. The van der Waals surface area contributed by atoms with Crippen LogP contribution in [-0.2, 0) is 14.8 Å². The van der Waals surface area contributed by atoms with Crippen LogP contribution in [0.2, 0.25) is 5.02 Å². The van der Waals surface area contributed by atoms with Crippen LogP contribution in [0.1, 0.15) is 12.8 Å². The summed E-state index contributed by atoms with van der Waals surface area (Å²) in [5, 5.41) is 0.531. The van der Waals surface area contributed by atoms with E-state index in [2.05, 4.69) is 0 Å². The maximum Gasteiger partial charge on any atom is 0.243 e. The summed E-state index contributed by atoms with van der Waals surface area (Å²) < 4.78 is 31.5. The van der Waals surface area contributed by atoms with Gasteiger partial charge in [0, 0.05) is 24.7 Å². The van der Waals surface area contributed by atoms with Crippen molar-refractivity contribution in [3.63, 3.8) is 0 Å². The molecule has 1 saturated heterocycles. The van der Waals surface area contributed by atoms with Crippen LogP contribution in [0.3, 0.4) is 0 Å². The second-order valence-electron chi connectivity index (χ2n) is 4.32. The summed E-state index contributed by atoms with van der Waals surface area (Å²) in [6, 6.07) is 6.21. The molecule has 0 N–H and O–H groups in total. The molecule has 4 nitrogen and oxygen atoms in total. The Balaban J connectivity index is 2.27. The minimum Gasteiger partial charge on any atom is -0.383 e. The van der Waals surface area contributed by atoms with Crippen molar-refractivity contribution in [1.29, 1.82) is 0 Å². The van der Waals surface area contributed by atoms with E-state index in [4.69, 9.17) is 16.3 Å². The van der Waals surface area contributed by atoms with Crippen molar-refractivity contribution >= 4 is 21.6 Å². The number of hydrogen-bond acceptors (Lipinski definition) is 3. The van der Waals surface area contributed by atoms with E-state index in [0.29, 0.717) is 18.2 Å². The molecule has 1 fully saturated rings. The second kappa shape index (κ2) is 5.57. The lowest BCUT2D eigenvalue weighted by molar-refractivity contribution is 0.149. The smallest absolute Gasteiger partial charge is 0.243 e. The summed E-state index contributed by atoms with van der Waals surface area (Å²) >= 11 is 5.77. The van der Waals surface area contributed by atoms with Crippen molar-refractivity contribution in [3.05, 3.63) is 29.3 Å². The van der Waals surface area contributed by atoms with Crippen molar-refractivity contribution in [2.24, 2.45) is 0 Å². The molecule has 0 aromatic heterocycles. The van der Waals surface area contributed by atoms with Crippen LogP contribution in [0.25, 0.3) is 0 Å². The lowest BCUT2D eigenvalue weighted by Gasteiger charge is -2.23. The van der Waals surface area contributed by atoms with E-state index >= 15 is 0 Å². The van der Waals surface area contributed by atoms with Crippen LogP contribution in [0.15, 0.2) is 29.2 Å². The highest BCUT2D eigenvalue weighted by molar-refractivity contribution is 7.89. The monoisotopic (exact) mass is 289 g/mol. The molecule has 1 aromatic carbocycles. The summed E-state index contributed by atoms with van der Waals surface area (Å²) in [4.78, 5) is 0.287. The fourth-order valence-corrected chi connectivity index (χ4v) is 4.03. The molecule has 1 aliphatic rings. The molecule has 2 rings (SSSR count). The van der Waals surface area contributed by atoms with Gasteiger partial charge in [-0.05, 0) is 37.1 Å². The first kappa shape index (κ1) is 13.8. The number of ether oxygens (including phenoxy) is 1. The van der Waals surface area contributed by atoms with Gasteiger partial charge in [-0.1, -0.05) is 11.6 Å². The van der Waals surface area contributed by atoms with Crippen molar-refractivity contribution in [2.45, 2.75) is 23.8 Å². The highest BCUT2D eigenvalue weighted by Gasteiger charge is 2.35. The second-order valence-corrected chi connectivity index (χ2v) is 6.65. The maximum absolute atomic E-state index is 12.5. The Morgan fingerprint density at radius 3 is 2.67 bits per heavy atom. The summed E-state index contributed by atoms with van der Waals surface area (Å²) in [6.07, 6.45) is 1.72. The standard InChI is InChI=1S/C12H16ClNO3S/c1-17-9-11-3-2-8-14(11)18(15,16)12-6-4-10(13)5-7-12/h4-7,11H,2-3,8-9H2,1H3. The molecule has 0 saturated carbocycles. The van der Waals surface area contributed by atoms with Gasteiger partial charge in [0.15, 0.2) is 0 Å². The first-order valence-corrected chi connectivity index (χ1v) is 7.64. The molecule has 1 aliphatic heterocycles. The normalized spacial score (nSPS) is 21.3. The van der Waals surface area contributed by atoms with Gasteiger partial charge < -0.3 is 4.74 Å². The number of rotatable bonds is 4. The van der Waals surface area contributed by atoms with E-state index in [1.165, 1.54) is 4.31 Å². The van der Waals surface area contributed by atoms with Crippen LogP contribution < -0.4 is 0 Å². The van der Waals surface area contributed by atoms with Gasteiger partial charge in [-0.3, -0.25) is 0 Å².